The number of aryl methyl sites for hydroxylation is 1. The predicted molar refractivity (Wildman–Crippen MR) is 82.1 cm³/mol. The van der Waals surface area contributed by atoms with Crippen LogP contribution in [0.25, 0.3) is 0 Å². The lowest BCUT2D eigenvalue weighted by Gasteiger charge is -2.32. The largest absolute Gasteiger partial charge is 0.493 e. The highest BCUT2D eigenvalue weighted by Crippen LogP contribution is 2.33. The number of hydrogen-bond donors (Lipinski definition) is 1. The van der Waals surface area contributed by atoms with E-state index in [1.807, 2.05) is 13.1 Å². The third-order valence-corrected chi connectivity index (χ3v) is 4.13. The second-order valence-corrected chi connectivity index (χ2v) is 5.56. The zero-order chi connectivity index (χ0) is 13.9. The van der Waals surface area contributed by atoms with Crippen LogP contribution < -0.4 is 10.1 Å². The minimum atomic E-state index is 0.337. The monoisotopic (exact) mass is 267 g/mol. The molecule has 2 heteroatoms. The van der Waals surface area contributed by atoms with E-state index in [-0.39, 0.29) is 0 Å². The second kappa shape index (κ2) is 5.68. The maximum absolute atomic E-state index is 5.92. The number of nitrogens with one attached hydrogen (secondary N) is 1. The minimum Gasteiger partial charge on any atom is -0.493 e. The van der Waals surface area contributed by atoms with E-state index in [9.17, 15) is 0 Å². The molecule has 0 aliphatic carbocycles. The molecule has 0 fully saturated rings. The molecule has 1 aliphatic rings. The summed E-state index contributed by atoms with van der Waals surface area (Å²) in [4.78, 5) is 0. The molecule has 20 heavy (non-hydrogen) atoms. The van der Waals surface area contributed by atoms with E-state index in [4.69, 9.17) is 4.74 Å². The van der Waals surface area contributed by atoms with Crippen molar-refractivity contribution in [3.63, 3.8) is 0 Å². The summed E-state index contributed by atoms with van der Waals surface area (Å²) >= 11 is 0. The molecule has 0 bridgehead atoms. The molecule has 1 aliphatic heterocycles. The number of hydrogen-bond acceptors (Lipinski definition) is 2. The van der Waals surface area contributed by atoms with Crippen LogP contribution in [0.1, 0.15) is 22.7 Å². The molecule has 104 valence electrons. The lowest BCUT2D eigenvalue weighted by Crippen LogP contribution is -2.33. The standard InChI is InChI=1S/C18H21NO/c1-13-7-9-14(10-8-13)18(19-2)16-11-15-5-3-4-6-17(15)20-12-16/h3-10,16,18-19H,11-12H2,1-2H3. The smallest absolute Gasteiger partial charge is 0.122 e. The molecule has 0 saturated heterocycles. The Kier molecular flexibility index (Phi) is 3.75. The van der Waals surface area contributed by atoms with Crippen LogP contribution in [0.5, 0.6) is 5.75 Å². The van der Waals surface area contributed by atoms with E-state index in [0.29, 0.717) is 12.0 Å². The quantitative estimate of drug-likeness (QED) is 0.919. The highest BCUT2D eigenvalue weighted by Gasteiger charge is 2.27. The first-order chi connectivity index (χ1) is 9.78. The van der Waals surface area contributed by atoms with Crippen molar-refractivity contribution >= 4 is 0 Å². The molecular formula is C18H21NO. The molecule has 1 heterocycles. The Morgan fingerprint density at radius 2 is 1.85 bits per heavy atom. The van der Waals surface area contributed by atoms with Crippen LogP contribution in [0.15, 0.2) is 48.5 Å². The summed E-state index contributed by atoms with van der Waals surface area (Å²) < 4.78 is 5.92. The summed E-state index contributed by atoms with van der Waals surface area (Å²) in [5.41, 5.74) is 3.95. The van der Waals surface area contributed by atoms with E-state index < -0.39 is 0 Å². The Labute approximate surface area is 120 Å². The first-order valence-electron chi connectivity index (χ1n) is 7.22. The van der Waals surface area contributed by atoms with Gasteiger partial charge in [-0.3, -0.25) is 0 Å². The Morgan fingerprint density at radius 3 is 2.60 bits per heavy atom. The molecule has 1 N–H and O–H groups in total. The van der Waals surface area contributed by atoms with Gasteiger partial charge in [-0.15, -0.1) is 0 Å². The number of benzene rings is 2. The van der Waals surface area contributed by atoms with Gasteiger partial charge in [-0.2, -0.15) is 0 Å². The Balaban J connectivity index is 1.83. The molecule has 2 aromatic carbocycles. The van der Waals surface area contributed by atoms with Gasteiger partial charge in [0.1, 0.15) is 5.75 Å². The van der Waals surface area contributed by atoms with Gasteiger partial charge in [0.25, 0.3) is 0 Å². The fraction of sp³-hybridized carbons (Fsp3) is 0.333. The Hall–Kier alpha value is -1.80. The Morgan fingerprint density at radius 1 is 1.10 bits per heavy atom. The molecule has 2 atom stereocenters. The summed E-state index contributed by atoms with van der Waals surface area (Å²) in [6.45, 7) is 2.90. The number of para-hydroxylation sites is 1. The topological polar surface area (TPSA) is 21.3 Å². The fourth-order valence-electron chi connectivity index (χ4n) is 3.01. The molecular weight excluding hydrogens is 246 g/mol. The molecule has 2 aromatic rings. The van der Waals surface area contributed by atoms with Crippen molar-refractivity contribution in [2.75, 3.05) is 13.7 Å². The first kappa shape index (κ1) is 13.2. The van der Waals surface area contributed by atoms with Crippen molar-refractivity contribution in [3.05, 3.63) is 65.2 Å². The van der Waals surface area contributed by atoms with E-state index in [1.54, 1.807) is 0 Å². The van der Waals surface area contributed by atoms with Gasteiger partial charge < -0.3 is 10.1 Å². The molecule has 3 rings (SSSR count). The van der Waals surface area contributed by atoms with Crippen molar-refractivity contribution in [1.82, 2.24) is 5.32 Å². The van der Waals surface area contributed by atoms with Crippen LogP contribution >= 0.6 is 0 Å². The fourth-order valence-corrected chi connectivity index (χ4v) is 3.01. The van der Waals surface area contributed by atoms with Crippen LogP contribution in [0.2, 0.25) is 0 Å². The van der Waals surface area contributed by atoms with E-state index in [2.05, 4.69) is 54.7 Å². The Bertz CT molecular complexity index is 576. The molecule has 0 saturated carbocycles. The summed E-state index contributed by atoms with van der Waals surface area (Å²) in [5, 5.41) is 3.46. The second-order valence-electron chi connectivity index (χ2n) is 5.56. The molecule has 0 aromatic heterocycles. The summed E-state index contributed by atoms with van der Waals surface area (Å²) in [6, 6.07) is 17.5. The van der Waals surface area contributed by atoms with E-state index in [1.165, 1.54) is 16.7 Å². The lowest BCUT2D eigenvalue weighted by atomic mass is 9.86. The van der Waals surface area contributed by atoms with Crippen molar-refractivity contribution in [3.8, 4) is 5.75 Å². The van der Waals surface area contributed by atoms with Crippen molar-refractivity contribution in [2.24, 2.45) is 5.92 Å². The normalized spacial score (nSPS) is 19.0. The minimum absolute atomic E-state index is 0.337. The van der Waals surface area contributed by atoms with Crippen LogP contribution in [0, 0.1) is 12.8 Å². The number of fused-ring (bicyclic) bond motifs is 1. The van der Waals surface area contributed by atoms with E-state index in [0.717, 1.165) is 18.8 Å². The molecule has 2 unspecified atom stereocenters. The summed E-state index contributed by atoms with van der Waals surface area (Å²) in [5.74, 6) is 1.51. The summed E-state index contributed by atoms with van der Waals surface area (Å²) in [6.07, 6.45) is 1.07. The zero-order valence-corrected chi connectivity index (χ0v) is 12.1. The first-order valence-corrected chi connectivity index (χ1v) is 7.22. The maximum Gasteiger partial charge on any atom is 0.122 e. The highest BCUT2D eigenvalue weighted by atomic mass is 16.5. The third-order valence-electron chi connectivity index (χ3n) is 4.13. The van der Waals surface area contributed by atoms with Gasteiger partial charge in [0.2, 0.25) is 0 Å². The molecule has 2 nitrogen and oxygen atoms in total. The predicted octanol–water partition coefficient (Wildman–Crippen LogP) is 3.51. The van der Waals surface area contributed by atoms with Crippen molar-refractivity contribution < 1.29 is 4.74 Å². The van der Waals surface area contributed by atoms with Gasteiger partial charge in [-0.25, -0.2) is 0 Å². The number of ether oxygens (including phenoxy) is 1. The third kappa shape index (κ3) is 2.56. The average Bonchev–Trinajstić information content (AvgIpc) is 2.50. The summed E-state index contributed by atoms with van der Waals surface area (Å²) in [7, 11) is 2.03. The zero-order valence-electron chi connectivity index (χ0n) is 12.1. The van der Waals surface area contributed by atoms with Crippen molar-refractivity contribution in [1.29, 1.82) is 0 Å². The van der Waals surface area contributed by atoms with Gasteiger partial charge in [0.15, 0.2) is 0 Å². The maximum atomic E-state index is 5.92. The molecule has 0 amide bonds. The van der Waals surface area contributed by atoms with E-state index >= 15 is 0 Å². The van der Waals surface area contributed by atoms with Gasteiger partial charge in [-0.05, 0) is 37.6 Å². The van der Waals surface area contributed by atoms with Crippen LogP contribution in [0.3, 0.4) is 0 Å². The van der Waals surface area contributed by atoms with Gasteiger partial charge in [0.05, 0.1) is 6.61 Å². The van der Waals surface area contributed by atoms with Gasteiger partial charge in [0, 0.05) is 12.0 Å². The van der Waals surface area contributed by atoms with Crippen LogP contribution in [0.4, 0.5) is 0 Å². The van der Waals surface area contributed by atoms with Crippen LogP contribution in [-0.4, -0.2) is 13.7 Å². The highest BCUT2D eigenvalue weighted by molar-refractivity contribution is 5.36. The van der Waals surface area contributed by atoms with Gasteiger partial charge >= 0.3 is 0 Å². The SMILES string of the molecule is CNC(c1ccc(C)cc1)C1COc2ccccc2C1. The molecule has 0 spiro atoms. The lowest BCUT2D eigenvalue weighted by molar-refractivity contribution is 0.188. The van der Waals surface area contributed by atoms with Crippen LogP contribution in [-0.2, 0) is 6.42 Å². The average molecular weight is 267 g/mol. The number of rotatable bonds is 3. The van der Waals surface area contributed by atoms with Crippen molar-refractivity contribution in [2.45, 2.75) is 19.4 Å². The van der Waals surface area contributed by atoms with Gasteiger partial charge in [-0.1, -0.05) is 48.0 Å². The molecule has 0 radical (unpaired) electrons.